The summed E-state index contributed by atoms with van der Waals surface area (Å²) < 4.78 is 0. The molecule has 2 aliphatic heterocycles. The first kappa shape index (κ1) is 29.8. The summed E-state index contributed by atoms with van der Waals surface area (Å²) in [4.78, 5) is 65.4. The molecule has 1 fully saturated rings. The first-order chi connectivity index (χ1) is 17.0. The molecular formula is C24H37N5O5S2. The fourth-order valence-corrected chi connectivity index (χ4v) is 5.79. The Bertz CT molecular complexity index is 905. The molecule has 0 unspecified atom stereocenters. The number of rotatable bonds is 2. The lowest BCUT2D eigenvalue weighted by Gasteiger charge is -2.28. The molecule has 2 bridgehead atoms. The molecule has 5 amide bonds. The molecule has 0 aromatic rings. The number of hydrogen-bond acceptors (Lipinski definition) is 7. The minimum atomic E-state index is -0.943. The monoisotopic (exact) mass is 539 g/mol. The van der Waals surface area contributed by atoms with Gasteiger partial charge in [0.25, 0.3) is 5.91 Å². The van der Waals surface area contributed by atoms with Crippen molar-refractivity contribution >= 4 is 51.1 Å². The fraction of sp³-hybridized carbons (Fsp3) is 0.625. The second-order valence-electron chi connectivity index (χ2n) is 9.38. The van der Waals surface area contributed by atoms with Gasteiger partial charge in [-0.05, 0) is 25.2 Å². The molecular weight excluding hydrogens is 502 g/mol. The smallest absolute Gasteiger partial charge is 0.268 e. The van der Waals surface area contributed by atoms with Crippen LogP contribution in [0.3, 0.4) is 0 Å². The van der Waals surface area contributed by atoms with E-state index in [1.807, 2.05) is 6.08 Å². The SMILES string of the molecule is C/C=C1\NC(=O)[C@H]2CSSCC/C=C/[C@H](CC(=O)N[C@H](C(C)C)C(=O)N2)NC(=O)[C@H](C(C)C)NC1=O. The number of amides is 5. The van der Waals surface area contributed by atoms with Crippen LogP contribution in [-0.4, -0.2) is 65.2 Å². The van der Waals surface area contributed by atoms with Crippen molar-refractivity contribution in [3.63, 3.8) is 0 Å². The van der Waals surface area contributed by atoms with E-state index in [2.05, 4.69) is 26.6 Å². The Hall–Kier alpha value is -2.47. The van der Waals surface area contributed by atoms with Crippen molar-refractivity contribution in [3.05, 3.63) is 23.9 Å². The number of fused-ring (bicyclic) bond motifs is 7. The van der Waals surface area contributed by atoms with E-state index in [0.29, 0.717) is 6.42 Å². The number of allylic oxidation sites excluding steroid dienone is 2. The van der Waals surface area contributed by atoms with Crippen LogP contribution in [0.4, 0.5) is 0 Å². The Labute approximate surface area is 220 Å². The summed E-state index contributed by atoms with van der Waals surface area (Å²) in [5, 5.41) is 13.7. The summed E-state index contributed by atoms with van der Waals surface area (Å²) in [6, 6.07) is -3.34. The summed E-state index contributed by atoms with van der Waals surface area (Å²) in [5.74, 6) is -2.03. The van der Waals surface area contributed by atoms with E-state index < -0.39 is 53.7 Å². The molecule has 10 nitrogen and oxygen atoms in total. The van der Waals surface area contributed by atoms with E-state index in [0.717, 1.165) is 5.75 Å². The van der Waals surface area contributed by atoms with E-state index >= 15 is 0 Å². The van der Waals surface area contributed by atoms with Crippen molar-refractivity contribution in [2.45, 2.75) is 71.6 Å². The van der Waals surface area contributed by atoms with Gasteiger partial charge in [-0.25, -0.2) is 0 Å². The normalized spacial score (nSPS) is 29.6. The molecule has 4 atom stereocenters. The summed E-state index contributed by atoms with van der Waals surface area (Å²) in [7, 11) is 2.98. The highest BCUT2D eigenvalue weighted by Crippen LogP contribution is 2.23. The number of hydrogen-bond donors (Lipinski definition) is 5. The van der Waals surface area contributed by atoms with Gasteiger partial charge in [-0.2, -0.15) is 0 Å². The van der Waals surface area contributed by atoms with Crippen LogP contribution in [0.2, 0.25) is 0 Å². The Balaban J connectivity index is 2.55. The van der Waals surface area contributed by atoms with Crippen molar-refractivity contribution < 1.29 is 24.0 Å². The van der Waals surface area contributed by atoms with Crippen LogP contribution in [0.15, 0.2) is 23.9 Å². The second kappa shape index (κ2) is 14.3. The third-order valence-corrected chi connectivity index (χ3v) is 8.16. The van der Waals surface area contributed by atoms with Crippen molar-refractivity contribution in [2.24, 2.45) is 11.8 Å². The van der Waals surface area contributed by atoms with E-state index in [9.17, 15) is 24.0 Å². The van der Waals surface area contributed by atoms with E-state index in [-0.39, 0.29) is 29.7 Å². The third-order valence-electron chi connectivity index (χ3n) is 5.71. The lowest BCUT2D eigenvalue weighted by molar-refractivity contribution is -0.133. The molecule has 2 heterocycles. The van der Waals surface area contributed by atoms with Gasteiger partial charge >= 0.3 is 0 Å². The molecule has 200 valence electrons. The molecule has 0 spiro atoms. The van der Waals surface area contributed by atoms with Crippen molar-refractivity contribution in [3.8, 4) is 0 Å². The van der Waals surface area contributed by atoms with Crippen molar-refractivity contribution in [1.29, 1.82) is 0 Å². The molecule has 2 aliphatic rings. The summed E-state index contributed by atoms with van der Waals surface area (Å²) >= 11 is 0. The van der Waals surface area contributed by atoms with Gasteiger partial charge in [-0.15, -0.1) is 0 Å². The standard InChI is InChI=1S/C24H37N5O5S2/c1-6-16-21(31)29-20(14(4)5)23(33)25-15-9-7-8-10-35-36-12-17(22(32)26-16)27-24(34)19(13(2)3)28-18(30)11-15/h6-7,9,13-15,17,19-20H,8,10-12H2,1-5H3,(H,25,33)(H,26,32)(H,27,34)(H,28,30)(H,29,31)/b9-7+,16-6-/t15-,17-,19-,20+/m1/s1. The zero-order valence-corrected chi connectivity index (χ0v) is 23.0. The van der Waals surface area contributed by atoms with Gasteiger partial charge in [0, 0.05) is 11.5 Å². The zero-order valence-electron chi connectivity index (χ0n) is 21.4. The molecule has 0 aromatic carbocycles. The highest BCUT2D eigenvalue weighted by molar-refractivity contribution is 8.76. The fourth-order valence-electron chi connectivity index (χ4n) is 3.64. The maximum Gasteiger partial charge on any atom is 0.268 e. The van der Waals surface area contributed by atoms with Crippen molar-refractivity contribution in [2.75, 3.05) is 11.5 Å². The maximum absolute atomic E-state index is 13.2. The van der Waals surface area contributed by atoms with Crippen LogP contribution in [0.5, 0.6) is 0 Å². The van der Waals surface area contributed by atoms with E-state index in [1.165, 1.54) is 16.9 Å². The molecule has 0 radical (unpaired) electrons. The molecule has 2 rings (SSSR count). The Morgan fingerprint density at radius 2 is 1.50 bits per heavy atom. The van der Waals surface area contributed by atoms with Gasteiger partial charge in [-0.1, -0.05) is 67.5 Å². The molecule has 1 saturated heterocycles. The molecule has 0 saturated carbocycles. The van der Waals surface area contributed by atoms with Crippen LogP contribution < -0.4 is 26.6 Å². The number of carbonyl (C=O) groups excluding carboxylic acids is 5. The Kier molecular flexibility index (Phi) is 11.8. The third kappa shape index (κ3) is 8.88. The highest BCUT2D eigenvalue weighted by Gasteiger charge is 2.32. The van der Waals surface area contributed by atoms with Gasteiger partial charge in [0.2, 0.25) is 23.6 Å². The van der Waals surface area contributed by atoms with Crippen LogP contribution >= 0.6 is 21.6 Å². The average Bonchev–Trinajstić information content (AvgIpc) is 2.81. The van der Waals surface area contributed by atoms with Crippen LogP contribution in [0, 0.1) is 11.8 Å². The van der Waals surface area contributed by atoms with Crippen LogP contribution in [0.1, 0.15) is 47.5 Å². The molecule has 36 heavy (non-hydrogen) atoms. The number of carbonyl (C=O) groups is 5. The topological polar surface area (TPSA) is 146 Å². The van der Waals surface area contributed by atoms with Crippen LogP contribution in [0.25, 0.3) is 0 Å². The quantitative estimate of drug-likeness (QED) is 0.200. The maximum atomic E-state index is 13.2. The average molecular weight is 540 g/mol. The summed E-state index contributed by atoms with van der Waals surface area (Å²) in [5.41, 5.74) is -0.0167. The lowest BCUT2D eigenvalue weighted by Crippen LogP contribution is -2.58. The predicted molar refractivity (Wildman–Crippen MR) is 143 cm³/mol. The van der Waals surface area contributed by atoms with Gasteiger partial charge in [0.05, 0.1) is 12.5 Å². The highest BCUT2D eigenvalue weighted by atomic mass is 33.1. The lowest BCUT2D eigenvalue weighted by atomic mass is 10.0. The Morgan fingerprint density at radius 3 is 2.14 bits per heavy atom. The summed E-state index contributed by atoms with van der Waals surface area (Å²) in [6.45, 7) is 8.79. The zero-order chi connectivity index (χ0) is 26.8. The van der Waals surface area contributed by atoms with E-state index in [1.54, 1.807) is 51.5 Å². The minimum absolute atomic E-state index is 0.0167. The van der Waals surface area contributed by atoms with Crippen molar-refractivity contribution in [1.82, 2.24) is 26.6 Å². The van der Waals surface area contributed by atoms with Crippen LogP contribution in [-0.2, 0) is 24.0 Å². The first-order valence-corrected chi connectivity index (χ1v) is 14.6. The Morgan fingerprint density at radius 1 is 0.861 bits per heavy atom. The molecule has 5 N–H and O–H groups in total. The summed E-state index contributed by atoms with van der Waals surface area (Å²) in [6.07, 6.45) is 5.73. The molecule has 12 heteroatoms. The largest absolute Gasteiger partial charge is 0.348 e. The minimum Gasteiger partial charge on any atom is -0.348 e. The van der Waals surface area contributed by atoms with Gasteiger partial charge in [-0.3, -0.25) is 24.0 Å². The second-order valence-corrected chi connectivity index (χ2v) is 12.0. The molecule has 0 aliphatic carbocycles. The first-order valence-electron chi connectivity index (χ1n) is 12.1. The van der Waals surface area contributed by atoms with Gasteiger partial charge < -0.3 is 26.6 Å². The molecule has 0 aromatic heterocycles. The number of nitrogens with one attached hydrogen (secondary N) is 5. The predicted octanol–water partition coefficient (Wildman–Crippen LogP) is 1.00. The van der Waals surface area contributed by atoms with E-state index in [4.69, 9.17) is 0 Å². The van der Waals surface area contributed by atoms with Gasteiger partial charge in [0.1, 0.15) is 23.8 Å². The van der Waals surface area contributed by atoms with Gasteiger partial charge in [0.15, 0.2) is 0 Å².